The highest BCUT2D eigenvalue weighted by molar-refractivity contribution is 9.09. The normalized spacial score (nSPS) is 16.9. The Labute approximate surface area is 138 Å². The lowest BCUT2D eigenvalue weighted by Crippen LogP contribution is -2.42. The fraction of sp³-hybridized carbons (Fsp3) is 0.941. The Morgan fingerprint density at radius 3 is 2.29 bits per heavy atom. The smallest absolute Gasteiger partial charge is 0.306 e. The largest absolute Gasteiger partial charge is 0.459 e. The Kier molecular flexibility index (Phi) is 9.57. The number of hydrogen-bond acceptors (Lipinski definition) is 3. The van der Waals surface area contributed by atoms with E-state index in [1.807, 2.05) is 0 Å². The van der Waals surface area contributed by atoms with Crippen LogP contribution in [0.15, 0.2) is 0 Å². The molecule has 1 saturated heterocycles. The molecule has 0 aromatic rings. The summed E-state index contributed by atoms with van der Waals surface area (Å²) in [4.78, 5) is 12.0. The first-order valence-corrected chi connectivity index (χ1v) is 9.67. The summed E-state index contributed by atoms with van der Waals surface area (Å²) in [7, 11) is 0. The van der Waals surface area contributed by atoms with Crippen LogP contribution in [-0.2, 0) is 9.53 Å². The molecule has 4 heteroatoms. The predicted molar refractivity (Wildman–Crippen MR) is 91.9 cm³/mol. The second-order valence-corrected chi connectivity index (χ2v) is 7.46. The minimum Gasteiger partial charge on any atom is -0.459 e. The van der Waals surface area contributed by atoms with Crippen molar-refractivity contribution in [1.82, 2.24) is 5.32 Å². The number of esters is 1. The van der Waals surface area contributed by atoms with Crippen LogP contribution < -0.4 is 5.32 Å². The topological polar surface area (TPSA) is 38.3 Å². The number of piperidine rings is 1. The van der Waals surface area contributed by atoms with Crippen LogP contribution in [0.1, 0.15) is 71.6 Å². The second-order valence-electron chi connectivity index (χ2n) is 6.66. The summed E-state index contributed by atoms with van der Waals surface area (Å²) in [6, 6.07) is 0. The first-order chi connectivity index (χ1) is 10.1. The lowest BCUT2D eigenvalue weighted by molar-refractivity contribution is -0.162. The van der Waals surface area contributed by atoms with Crippen molar-refractivity contribution in [2.75, 3.05) is 18.4 Å². The fourth-order valence-corrected chi connectivity index (χ4v) is 3.41. The molecular formula is C17H32BrNO2. The summed E-state index contributed by atoms with van der Waals surface area (Å²) in [5.41, 5.74) is -0.310. The fourth-order valence-electron chi connectivity index (χ4n) is 3.02. The molecule has 0 aliphatic carbocycles. The minimum atomic E-state index is -0.310. The van der Waals surface area contributed by atoms with Crippen LogP contribution in [0.5, 0.6) is 0 Å². The SMILES string of the molecule is CC(C)(OC(=O)CCCCCCCCBr)C1CCNCC1. The molecule has 1 N–H and O–H groups in total. The molecule has 0 aromatic carbocycles. The van der Waals surface area contributed by atoms with Gasteiger partial charge in [-0.2, -0.15) is 0 Å². The summed E-state index contributed by atoms with van der Waals surface area (Å²) >= 11 is 3.45. The number of carbonyl (C=O) groups excluding carboxylic acids is 1. The maximum atomic E-state index is 12.0. The van der Waals surface area contributed by atoms with Crippen LogP contribution >= 0.6 is 15.9 Å². The van der Waals surface area contributed by atoms with E-state index in [2.05, 4.69) is 35.1 Å². The van der Waals surface area contributed by atoms with E-state index in [1.165, 1.54) is 25.7 Å². The maximum Gasteiger partial charge on any atom is 0.306 e. The number of halogens is 1. The monoisotopic (exact) mass is 361 g/mol. The third-order valence-electron chi connectivity index (χ3n) is 4.46. The number of nitrogens with one attached hydrogen (secondary N) is 1. The van der Waals surface area contributed by atoms with Gasteiger partial charge >= 0.3 is 5.97 Å². The van der Waals surface area contributed by atoms with Gasteiger partial charge in [-0.1, -0.05) is 41.6 Å². The molecule has 124 valence electrons. The van der Waals surface area contributed by atoms with Gasteiger partial charge in [0.05, 0.1) is 0 Å². The molecule has 0 bridgehead atoms. The summed E-state index contributed by atoms with van der Waals surface area (Å²) in [6.45, 7) is 6.22. The van der Waals surface area contributed by atoms with Crippen molar-refractivity contribution >= 4 is 21.9 Å². The van der Waals surface area contributed by atoms with Gasteiger partial charge in [0, 0.05) is 17.7 Å². The molecule has 0 saturated carbocycles. The van der Waals surface area contributed by atoms with Gasteiger partial charge in [-0.05, 0) is 52.6 Å². The van der Waals surface area contributed by atoms with Crippen molar-refractivity contribution in [3.8, 4) is 0 Å². The first kappa shape index (κ1) is 19.0. The van der Waals surface area contributed by atoms with Crippen molar-refractivity contribution in [1.29, 1.82) is 0 Å². The predicted octanol–water partition coefficient (Wildman–Crippen LogP) is 4.43. The first-order valence-electron chi connectivity index (χ1n) is 8.55. The highest BCUT2D eigenvalue weighted by atomic mass is 79.9. The van der Waals surface area contributed by atoms with Gasteiger partial charge in [0.15, 0.2) is 0 Å². The molecule has 1 fully saturated rings. The van der Waals surface area contributed by atoms with E-state index >= 15 is 0 Å². The Morgan fingerprint density at radius 1 is 1.10 bits per heavy atom. The van der Waals surface area contributed by atoms with Gasteiger partial charge in [0.2, 0.25) is 0 Å². The number of ether oxygens (including phenoxy) is 1. The molecule has 0 unspecified atom stereocenters. The van der Waals surface area contributed by atoms with Crippen LogP contribution in [0.25, 0.3) is 0 Å². The molecule has 0 amide bonds. The molecule has 1 aliphatic rings. The zero-order chi connectivity index (χ0) is 15.6. The number of alkyl halides is 1. The van der Waals surface area contributed by atoms with Gasteiger partial charge in [-0.15, -0.1) is 0 Å². The zero-order valence-electron chi connectivity index (χ0n) is 13.8. The molecule has 1 heterocycles. The summed E-state index contributed by atoms with van der Waals surface area (Å²) in [5, 5.41) is 4.46. The number of unbranched alkanes of at least 4 members (excludes halogenated alkanes) is 5. The molecule has 0 radical (unpaired) electrons. The lowest BCUT2D eigenvalue weighted by atomic mass is 9.83. The van der Waals surface area contributed by atoms with Crippen molar-refractivity contribution in [2.45, 2.75) is 77.2 Å². The molecule has 3 nitrogen and oxygen atoms in total. The standard InChI is InChI=1S/C17H32BrNO2/c1-17(2,15-10-13-19-14-11-15)21-16(20)9-7-5-3-4-6-8-12-18/h15,19H,3-14H2,1-2H3. The van der Waals surface area contributed by atoms with Crippen LogP contribution in [0.4, 0.5) is 0 Å². The van der Waals surface area contributed by atoms with Crippen molar-refractivity contribution < 1.29 is 9.53 Å². The molecule has 1 rings (SSSR count). The average Bonchev–Trinajstić information content (AvgIpc) is 2.47. The minimum absolute atomic E-state index is 0.0148. The van der Waals surface area contributed by atoms with E-state index in [1.54, 1.807) is 0 Å². The number of carbonyl (C=O) groups is 1. The average molecular weight is 362 g/mol. The van der Waals surface area contributed by atoms with E-state index in [0.29, 0.717) is 12.3 Å². The van der Waals surface area contributed by atoms with E-state index in [4.69, 9.17) is 4.74 Å². The van der Waals surface area contributed by atoms with E-state index in [-0.39, 0.29) is 11.6 Å². The third kappa shape index (κ3) is 8.20. The summed E-state index contributed by atoms with van der Waals surface area (Å²) in [5.74, 6) is 0.478. The Bertz CT molecular complexity index is 289. The molecule has 0 spiro atoms. The van der Waals surface area contributed by atoms with Gasteiger partial charge in [0.25, 0.3) is 0 Å². The summed E-state index contributed by atoms with van der Waals surface area (Å²) in [6.07, 6.45) is 9.96. The van der Waals surface area contributed by atoms with Crippen LogP contribution in [0, 0.1) is 5.92 Å². The third-order valence-corrected chi connectivity index (χ3v) is 5.02. The number of hydrogen-bond donors (Lipinski definition) is 1. The Balaban J connectivity index is 2.11. The van der Waals surface area contributed by atoms with Crippen molar-refractivity contribution in [3.63, 3.8) is 0 Å². The van der Waals surface area contributed by atoms with Crippen LogP contribution in [0.2, 0.25) is 0 Å². The highest BCUT2D eigenvalue weighted by Gasteiger charge is 2.33. The lowest BCUT2D eigenvalue weighted by Gasteiger charge is -2.36. The molecule has 0 aromatic heterocycles. The zero-order valence-corrected chi connectivity index (χ0v) is 15.3. The van der Waals surface area contributed by atoms with Gasteiger partial charge < -0.3 is 10.1 Å². The second kappa shape index (κ2) is 10.6. The molecule has 21 heavy (non-hydrogen) atoms. The molecular weight excluding hydrogens is 330 g/mol. The number of rotatable bonds is 10. The van der Waals surface area contributed by atoms with Crippen LogP contribution in [0.3, 0.4) is 0 Å². The van der Waals surface area contributed by atoms with E-state index in [0.717, 1.165) is 44.1 Å². The molecule has 1 aliphatic heterocycles. The van der Waals surface area contributed by atoms with E-state index < -0.39 is 0 Å². The van der Waals surface area contributed by atoms with Crippen LogP contribution in [-0.4, -0.2) is 30.0 Å². The quantitative estimate of drug-likeness (QED) is 0.355. The van der Waals surface area contributed by atoms with Crippen molar-refractivity contribution in [2.24, 2.45) is 5.92 Å². The van der Waals surface area contributed by atoms with Gasteiger partial charge in [0.1, 0.15) is 5.60 Å². The Morgan fingerprint density at radius 2 is 1.67 bits per heavy atom. The van der Waals surface area contributed by atoms with E-state index in [9.17, 15) is 4.79 Å². The van der Waals surface area contributed by atoms with Gasteiger partial charge in [-0.25, -0.2) is 0 Å². The summed E-state index contributed by atoms with van der Waals surface area (Å²) < 4.78 is 5.75. The van der Waals surface area contributed by atoms with Gasteiger partial charge in [-0.3, -0.25) is 4.79 Å². The highest BCUT2D eigenvalue weighted by Crippen LogP contribution is 2.29. The maximum absolute atomic E-state index is 12.0. The molecule has 0 atom stereocenters. The Hall–Kier alpha value is -0.0900. The van der Waals surface area contributed by atoms with Crippen molar-refractivity contribution in [3.05, 3.63) is 0 Å².